The van der Waals surface area contributed by atoms with Crippen LogP contribution >= 0.6 is 29.5 Å². The predicted octanol–water partition coefficient (Wildman–Crippen LogP) is 9.72. The summed E-state index contributed by atoms with van der Waals surface area (Å²) in [6.07, 6.45) is 12.1. The molecule has 0 bridgehead atoms. The normalized spacial score (nSPS) is 12.8. The number of aryl methyl sites for hydroxylation is 3. The first-order chi connectivity index (χ1) is 41.6. The monoisotopic (exact) mass is 1330 g/mol. The molecule has 506 valence electrons. The number of rotatable bonds is 24. The summed E-state index contributed by atoms with van der Waals surface area (Å²) < 4.78 is 40.8. The van der Waals surface area contributed by atoms with Crippen molar-refractivity contribution >= 4 is 82.3 Å². The molecule has 2 amide bonds. The molecule has 0 aromatic heterocycles. The molecule has 90 heavy (non-hydrogen) atoms. The van der Waals surface area contributed by atoms with E-state index >= 15 is 0 Å². The van der Waals surface area contributed by atoms with Crippen molar-refractivity contribution in [3.63, 3.8) is 0 Å². The van der Waals surface area contributed by atoms with Crippen molar-refractivity contribution in [3.05, 3.63) is 134 Å². The second-order valence-electron chi connectivity index (χ2n) is 18.6. The molecule has 3 aromatic rings. The molecular formula is C63H96ClN3O21P2. The molecule has 27 heteroatoms. The van der Waals surface area contributed by atoms with E-state index in [0.717, 1.165) is 36.0 Å². The second-order valence-corrected chi connectivity index (χ2v) is 19.0. The van der Waals surface area contributed by atoms with Crippen LogP contribution in [0.15, 0.2) is 91.1 Å². The van der Waals surface area contributed by atoms with Crippen molar-refractivity contribution in [2.24, 2.45) is 5.73 Å². The Morgan fingerprint density at radius 2 is 1.06 bits per heavy atom. The zero-order valence-corrected chi connectivity index (χ0v) is 55.2. The lowest BCUT2D eigenvalue weighted by atomic mass is 10.1. The fraction of sp³-hybridized carbons (Fsp3) is 0.476. The number of esters is 6. The summed E-state index contributed by atoms with van der Waals surface area (Å²) in [6.45, 7) is 19.3. The average molecular weight is 1330 g/mol. The molecule has 0 saturated carbocycles. The number of hydrogen-bond acceptors (Lipinski definition) is 22. The van der Waals surface area contributed by atoms with Gasteiger partial charge < -0.3 is 64.5 Å². The highest BCUT2D eigenvalue weighted by molar-refractivity contribution is 7.92. The molecule has 1 heterocycles. The average Bonchev–Trinajstić information content (AvgIpc) is 2.52. The van der Waals surface area contributed by atoms with E-state index in [1.54, 1.807) is 73.7 Å². The molecule has 0 aliphatic carbocycles. The number of aliphatic hydroxyl groups is 2. The largest absolute Gasteiger partial charge is 0.465 e. The summed E-state index contributed by atoms with van der Waals surface area (Å²) in [7, 11) is 5.94. The van der Waals surface area contributed by atoms with Gasteiger partial charge in [0.15, 0.2) is 11.9 Å². The number of nitrogens with two attached hydrogens (primary N) is 1. The highest BCUT2D eigenvalue weighted by atomic mass is 35.5. The van der Waals surface area contributed by atoms with Crippen LogP contribution in [0.2, 0.25) is 0 Å². The molecule has 0 spiro atoms. The summed E-state index contributed by atoms with van der Waals surface area (Å²) in [5, 5.41) is 22.6. The quantitative estimate of drug-likeness (QED) is 0.0139. The van der Waals surface area contributed by atoms with Crippen LogP contribution in [0.25, 0.3) is 0 Å². The molecular weight excluding hydrogens is 1230 g/mol. The van der Waals surface area contributed by atoms with Crippen molar-refractivity contribution < 1.29 is 91.3 Å². The Kier molecular flexibility index (Phi) is 55.7. The van der Waals surface area contributed by atoms with E-state index in [1.165, 1.54) is 33.9 Å². The standard InChI is InChI=1S/C25H33NO7.C13H17NO5.C11H12O4.C6H9ClO.C6H13NO2.2CH4.O2.H4P2/c1-5-7-9-11-23(28)31-17-20(33-24(29)12-10-8-6-2)16-26-25(30)21-14-13-18(3)15-22(21)32-19(4)27;1-8-3-4-11(12(5-8)19-9(2)16)13(18)14-6-10(17)7-15;1-7-4-5-9(11(13)14-3)10(6-7)15-8(2)12;1-2-3-4-5-6(7)8;1-6(2)8-4-5(3-7)9-6;;;2*1-2/h7-10,13-15,20H,5-6,11-12,16-17H2,1-4H3,(H,26,30);3-5,10,15,17H,6-7H2,1-2H3,(H,14,18);4-6H,1-3H3;3-4H,2,5H2,1H3;5H,3-4,7H2,1-2H3;2*1H4;;1-2H2/b9-7-,10-8-;;;4-3-;;;;;. The van der Waals surface area contributed by atoms with Gasteiger partial charge in [0.25, 0.3) is 11.8 Å². The summed E-state index contributed by atoms with van der Waals surface area (Å²) >= 11 is 5.02. The van der Waals surface area contributed by atoms with Gasteiger partial charge in [0.05, 0.1) is 63.0 Å². The van der Waals surface area contributed by atoms with Crippen molar-refractivity contribution in [2.75, 3.05) is 46.6 Å². The number of halogens is 1. The third-order valence-corrected chi connectivity index (χ3v) is 10.5. The van der Waals surface area contributed by atoms with E-state index in [0.29, 0.717) is 19.6 Å². The number of carbonyl (C=O) groups excluding carboxylic acids is 9. The zero-order valence-electron chi connectivity index (χ0n) is 52.1. The van der Waals surface area contributed by atoms with Gasteiger partial charge in [0.2, 0.25) is 5.24 Å². The molecule has 1 aliphatic rings. The minimum Gasteiger partial charge on any atom is -0.465 e. The molecule has 1 aliphatic heterocycles. The number of allylic oxidation sites excluding steroid dienone is 4. The number of ether oxygens (including phenoxy) is 8. The van der Waals surface area contributed by atoms with Crippen molar-refractivity contribution in [1.29, 1.82) is 0 Å². The number of aliphatic hydroxyl groups excluding tert-OH is 2. The van der Waals surface area contributed by atoms with Crippen LogP contribution < -0.4 is 30.6 Å². The van der Waals surface area contributed by atoms with Gasteiger partial charge in [-0.05, 0) is 119 Å². The van der Waals surface area contributed by atoms with E-state index in [1.807, 2.05) is 66.7 Å². The van der Waals surface area contributed by atoms with Gasteiger partial charge in [-0.2, -0.15) is 0 Å². The summed E-state index contributed by atoms with van der Waals surface area (Å²) in [5.74, 6) is -3.91. The fourth-order valence-electron chi connectivity index (χ4n) is 6.46. The third kappa shape index (κ3) is 45.2. The first-order valence-corrected chi connectivity index (χ1v) is 30.5. The van der Waals surface area contributed by atoms with Gasteiger partial charge in [-0.25, -0.2) is 4.79 Å². The van der Waals surface area contributed by atoms with Crippen molar-refractivity contribution in [3.8, 4) is 17.2 Å². The topological polar surface area (TPSA) is 352 Å². The van der Waals surface area contributed by atoms with Crippen LogP contribution in [0.5, 0.6) is 17.2 Å². The Morgan fingerprint density at radius 3 is 1.40 bits per heavy atom. The van der Waals surface area contributed by atoms with Gasteiger partial charge in [-0.15, -0.1) is 17.9 Å². The highest BCUT2D eigenvalue weighted by Crippen LogP contribution is 2.24. The molecule has 4 rings (SSSR count). The molecule has 0 radical (unpaired) electrons. The van der Waals surface area contributed by atoms with E-state index in [2.05, 4.69) is 33.2 Å². The smallest absolute Gasteiger partial charge is 0.341 e. The highest BCUT2D eigenvalue weighted by Gasteiger charge is 2.31. The first-order valence-electron chi connectivity index (χ1n) is 27.5. The van der Waals surface area contributed by atoms with Gasteiger partial charge in [0, 0.05) is 50.2 Å². The first kappa shape index (κ1) is 91.6. The maximum Gasteiger partial charge on any atom is 0.341 e. The van der Waals surface area contributed by atoms with Crippen molar-refractivity contribution in [2.45, 2.75) is 154 Å². The number of carbonyl (C=O) groups is 9. The summed E-state index contributed by atoms with van der Waals surface area (Å²) in [5.41, 5.74) is 8.53. The minimum atomic E-state index is -1.02. The Morgan fingerprint density at radius 1 is 0.667 bits per heavy atom. The van der Waals surface area contributed by atoms with Gasteiger partial charge in [-0.3, -0.25) is 38.4 Å². The van der Waals surface area contributed by atoms with E-state index in [4.69, 9.17) is 70.6 Å². The lowest BCUT2D eigenvalue weighted by molar-refractivity contribution is -0.157. The predicted molar refractivity (Wildman–Crippen MR) is 354 cm³/mol. The zero-order chi connectivity index (χ0) is 67.8. The van der Waals surface area contributed by atoms with Gasteiger partial charge in [-0.1, -0.05) is 90.3 Å². The lowest BCUT2D eigenvalue weighted by Gasteiger charge is -2.19. The minimum absolute atomic E-state index is 0. The Labute approximate surface area is 539 Å². The molecule has 3 aromatic carbocycles. The van der Waals surface area contributed by atoms with Crippen LogP contribution in [-0.2, 0) is 52.5 Å². The summed E-state index contributed by atoms with van der Waals surface area (Å²) in [4.78, 5) is 117. The molecule has 6 N–H and O–H groups in total. The van der Waals surface area contributed by atoms with Crippen molar-refractivity contribution in [1.82, 2.24) is 10.6 Å². The third-order valence-electron chi connectivity index (χ3n) is 10.4. The molecule has 5 atom stereocenters. The number of methoxy groups -OCH3 is 1. The van der Waals surface area contributed by atoms with E-state index in [9.17, 15) is 43.2 Å². The Bertz CT molecular complexity index is 2720. The number of nitrogens with one attached hydrogen (secondary N) is 2. The van der Waals surface area contributed by atoms with Gasteiger partial charge in [0.1, 0.15) is 29.4 Å². The maximum atomic E-state index is 12.7. The van der Waals surface area contributed by atoms with E-state index in [-0.39, 0.29) is 92.7 Å². The lowest BCUT2D eigenvalue weighted by Crippen LogP contribution is -2.38. The fourth-order valence-corrected chi connectivity index (χ4v) is 6.55. The Hall–Kier alpha value is -7.14. The molecule has 1 fully saturated rings. The Balaban J connectivity index is -0.000000359. The molecule has 24 nitrogen and oxygen atoms in total. The summed E-state index contributed by atoms with van der Waals surface area (Å²) in [6, 6.07) is 14.6. The van der Waals surface area contributed by atoms with Gasteiger partial charge >= 0.3 is 35.8 Å². The number of benzene rings is 3. The van der Waals surface area contributed by atoms with Crippen LogP contribution in [0.3, 0.4) is 0 Å². The number of amides is 2. The molecule has 1 saturated heterocycles. The second kappa shape index (κ2) is 54.8. The van der Waals surface area contributed by atoms with E-state index < -0.39 is 72.2 Å². The molecule has 5 unspecified atom stereocenters. The van der Waals surface area contributed by atoms with Crippen LogP contribution in [0.1, 0.15) is 157 Å². The van der Waals surface area contributed by atoms with Crippen LogP contribution in [0, 0.1) is 30.7 Å². The number of hydrogen-bond donors (Lipinski definition) is 5. The SMILES string of the molecule is C.C.CC(=O)Oc1cc(C)ccc1C(=O)NCC(O)CO.CC/C=C\CC(=O)Cl.CC/C=C\CC(=O)OCC(CNC(=O)c1ccc(C)cc1OC(C)=O)OC(=O)C/C=C\CC.CC1(C)OCC(CN)O1.COC(=O)c1ccc(C)cc1OC(C)=O.O=O.PP. The van der Waals surface area contributed by atoms with Crippen LogP contribution in [-0.4, -0.2) is 134 Å². The maximum absolute atomic E-state index is 12.7. The van der Waals surface area contributed by atoms with Crippen LogP contribution in [0.4, 0.5) is 0 Å².